The smallest absolute Gasteiger partial charge is 0.191 e. The van der Waals surface area contributed by atoms with Gasteiger partial charge >= 0.3 is 0 Å². The van der Waals surface area contributed by atoms with Crippen LogP contribution in [0.15, 0.2) is 23.2 Å². The van der Waals surface area contributed by atoms with E-state index in [1.165, 1.54) is 5.56 Å². The van der Waals surface area contributed by atoms with Crippen molar-refractivity contribution in [1.82, 2.24) is 15.5 Å². The van der Waals surface area contributed by atoms with Crippen LogP contribution in [-0.2, 0) is 6.54 Å². The van der Waals surface area contributed by atoms with Crippen molar-refractivity contribution in [3.63, 3.8) is 0 Å². The molecule has 0 saturated carbocycles. The van der Waals surface area contributed by atoms with Crippen LogP contribution >= 0.6 is 0 Å². The number of likely N-dealkylation sites (tertiary alicyclic amines) is 1. The molecule has 152 valence electrons. The number of aliphatic hydroxyl groups is 1. The second-order valence-electron chi connectivity index (χ2n) is 7.09. The zero-order valence-electron chi connectivity index (χ0n) is 17.0. The summed E-state index contributed by atoms with van der Waals surface area (Å²) in [5, 5.41) is 16.0. The Morgan fingerprint density at radius 3 is 2.59 bits per heavy atom. The van der Waals surface area contributed by atoms with Gasteiger partial charge in [-0.25, -0.2) is 0 Å². The fraction of sp³-hybridized carbons (Fsp3) is 0.650. The van der Waals surface area contributed by atoms with Gasteiger partial charge < -0.3 is 25.2 Å². The maximum atomic E-state index is 9.18. The maximum absolute atomic E-state index is 9.18. The summed E-state index contributed by atoms with van der Waals surface area (Å²) in [5.74, 6) is 2.63. The summed E-state index contributed by atoms with van der Waals surface area (Å²) in [7, 11) is 3.35. The molecule has 0 spiro atoms. The fourth-order valence-electron chi connectivity index (χ4n) is 3.13. The lowest BCUT2D eigenvalue weighted by molar-refractivity contribution is 0.241. The number of hydrogen-bond acceptors (Lipinski definition) is 5. The first-order chi connectivity index (χ1) is 13.1. The number of nitrogens with zero attached hydrogens (tertiary/aromatic N) is 2. The zero-order chi connectivity index (χ0) is 19.6. The minimum absolute atomic E-state index is 0.157. The molecule has 1 heterocycles. The molecule has 7 heteroatoms. The van der Waals surface area contributed by atoms with Crippen molar-refractivity contribution in [3.8, 4) is 11.5 Å². The summed E-state index contributed by atoms with van der Waals surface area (Å²) in [6.07, 6.45) is 1.07. The third kappa shape index (κ3) is 6.92. The number of rotatable bonds is 9. The quantitative estimate of drug-likeness (QED) is 0.446. The Morgan fingerprint density at radius 1 is 1.30 bits per heavy atom. The molecule has 1 aliphatic heterocycles. The van der Waals surface area contributed by atoms with Gasteiger partial charge in [0.1, 0.15) is 11.5 Å². The van der Waals surface area contributed by atoms with E-state index in [1.807, 2.05) is 13.0 Å². The molecule has 2 rings (SSSR count). The molecular formula is C20H34N4O3. The molecule has 0 aromatic heterocycles. The van der Waals surface area contributed by atoms with Gasteiger partial charge in [0.05, 0.1) is 14.2 Å². The highest BCUT2D eigenvalue weighted by Gasteiger charge is 2.23. The van der Waals surface area contributed by atoms with E-state index in [-0.39, 0.29) is 12.5 Å². The average Bonchev–Trinajstić information content (AvgIpc) is 3.12. The number of guanidine groups is 1. The lowest BCUT2D eigenvalue weighted by Crippen LogP contribution is -2.44. The number of aliphatic imine (C=N–C) groups is 1. The highest BCUT2D eigenvalue weighted by Crippen LogP contribution is 2.24. The minimum Gasteiger partial charge on any atom is -0.497 e. The Balaban J connectivity index is 1.92. The molecule has 27 heavy (non-hydrogen) atoms. The van der Waals surface area contributed by atoms with Crippen LogP contribution in [0.2, 0.25) is 0 Å². The first kappa shape index (κ1) is 21.3. The van der Waals surface area contributed by atoms with Gasteiger partial charge in [0, 0.05) is 51.4 Å². The SMILES string of the molecule is CCNC(=NCC(C)CO)NC1CCN(Cc2cc(OC)cc(OC)c2)C1. The van der Waals surface area contributed by atoms with Crippen molar-refractivity contribution in [1.29, 1.82) is 0 Å². The van der Waals surface area contributed by atoms with Crippen molar-refractivity contribution in [2.75, 3.05) is 47.0 Å². The second kappa shape index (κ2) is 11.0. The molecule has 7 nitrogen and oxygen atoms in total. The van der Waals surface area contributed by atoms with Crippen molar-refractivity contribution < 1.29 is 14.6 Å². The van der Waals surface area contributed by atoms with Crippen molar-refractivity contribution in [3.05, 3.63) is 23.8 Å². The van der Waals surface area contributed by atoms with E-state index in [1.54, 1.807) is 14.2 Å². The predicted octanol–water partition coefficient (Wildman–Crippen LogP) is 1.46. The van der Waals surface area contributed by atoms with Crippen molar-refractivity contribution in [2.24, 2.45) is 10.9 Å². The van der Waals surface area contributed by atoms with Crippen LogP contribution in [0.25, 0.3) is 0 Å². The van der Waals surface area contributed by atoms with Gasteiger partial charge in [-0.15, -0.1) is 0 Å². The van der Waals surface area contributed by atoms with Crippen molar-refractivity contribution >= 4 is 5.96 Å². The van der Waals surface area contributed by atoms with Gasteiger partial charge in [-0.3, -0.25) is 9.89 Å². The maximum Gasteiger partial charge on any atom is 0.191 e. The summed E-state index contributed by atoms with van der Waals surface area (Å²) < 4.78 is 10.7. The van der Waals surface area contributed by atoms with Crippen LogP contribution in [0.3, 0.4) is 0 Å². The molecule has 1 fully saturated rings. The molecule has 1 aliphatic rings. The van der Waals surface area contributed by atoms with Crippen LogP contribution in [-0.4, -0.2) is 69.0 Å². The van der Waals surface area contributed by atoms with Gasteiger partial charge in [0.15, 0.2) is 5.96 Å². The number of ether oxygens (including phenoxy) is 2. The Labute approximate surface area is 162 Å². The van der Waals surface area contributed by atoms with Crippen LogP contribution in [0.4, 0.5) is 0 Å². The van der Waals surface area contributed by atoms with E-state index < -0.39 is 0 Å². The number of benzene rings is 1. The third-order valence-electron chi connectivity index (χ3n) is 4.65. The summed E-state index contributed by atoms with van der Waals surface area (Å²) in [4.78, 5) is 7.01. The molecule has 0 radical (unpaired) electrons. The first-order valence-corrected chi connectivity index (χ1v) is 9.67. The lowest BCUT2D eigenvalue weighted by Gasteiger charge is -2.19. The van der Waals surface area contributed by atoms with Crippen molar-refractivity contribution in [2.45, 2.75) is 32.9 Å². The third-order valence-corrected chi connectivity index (χ3v) is 4.65. The number of nitrogens with one attached hydrogen (secondary N) is 2. The van der Waals surface area contributed by atoms with E-state index in [0.717, 1.165) is 50.1 Å². The van der Waals surface area contributed by atoms with E-state index in [2.05, 4.69) is 39.6 Å². The first-order valence-electron chi connectivity index (χ1n) is 9.67. The Bertz CT molecular complexity index is 587. The van der Waals surface area contributed by atoms with Gasteiger partial charge in [-0.05, 0) is 37.0 Å². The highest BCUT2D eigenvalue weighted by molar-refractivity contribution is 5.80. The Hall–Kier alpha value is -1.99. The van der Waals surface area contributed by atoms with Crippen LogP contribution in [0.1, 0.15) is 25.8 Å². The molecule has 3 N–H and O–H groups in total. The molecule has 1 aromatic carbocycles. The molecule has 1 saturated heterocycles. The molecule has 0 aliphatic carbocycles. The normalized spacial score (nSPS) is 19.0. The van der Waals surface area contributed by atoms with Gasteiger partial charge in [0.2, 0.25) is 0 Å². The second-order valence-corrected chi connectivity index (χ2v) is 7.09. The summed E-state index contributed by atoms with van der Waals surface area (Å²) in [5.41, 5.74) is 1.18. The number of aliphatic hydroxyl groups excluding tert-OH is 1. The standard InChI is InChI=1S/C20H34N4O3/c1-5-21-20(22-11-15(2)14-25)23-17-6-7-24(13-17)12-16-8-18(26-3)10-19(9-16)27-4/h8-10,15,17,25H,5-7,11-14H2,1-4H3,(H2,21,22,23). The minimum atomic E-state index is 0.157. The van der Waals surface area contributed by atoms with Crippen LogP contribution in [0.5, 0.6) is 11.5 Å². The van der Waals surface area contributed by atoms with Crippen LogP contribution in [0, 0.1) is 5.92 Å². The zero-order valence-corrected chi connectivity index (χ0v) is 17.0. The molecular weight excluding hydrogens is 344 g/mol. The van der Waals surface area contributed by atoms with E-state index >= 15 is 0 Å². The Morgan fingerprint density at radius 2 is 2.00 bits per heavy atom. The average molecular weight is 379 g/mol. The summed E-state index contributed by atoms with van der Waals surface area (Å²) >= 11 is 0. The molecule has 1 aromatic rings. The highest BCUT2D eigenvalue weighted by atomic mass is 16.5. The largest absolute Gasteiger partial charge is 0.497 e. The molecule has 0 bridgehead atoms. The van der Waals surface area contributed by atoms with E-state index in [9.17, 15) is 5.11 Å². The lowest BCUT2D eigenvalue weighted by atomic mass is 10.2. The van der Waals surface area contributed by atoms with E-state index in [4.69, 9.17) is 9.47 Å². The molecule has 2 atom stereocenters. The summed E-state index contributed by atoms with van der Waals surface area (Å²) in [6.45, 7) is 8.50. The molecule has 0 amide bonds. The number of methoxy groups -OCH3 is 2. The topological polar surface area (TPSA) is 78.4 Å². The van der Waals surface area contributed by atoms with Crippen LogP contribution < -0.4 is 20.1 Å². The predicted molar refractivity (Wildman–Crippen MR) is 109 cm³/mol. The van der Waals surface area contributed by atoms with Gasteiger partial charge in [-0.1, -0.05) is 6.92 Å². The van der Waals surface area contributed by atoms with E-state index in [0.29, 0.717) is 12.6 Å². The number of hydrogen-bond donors (Lipinski definition) is 3. The molecule has 2 unspecified atom stereocenters. The Kier molecular flexibility index (Phi) is 8.67. The van der Waals surface area contributed by atoms with Gasteiger partial charge in [-0.2, -0.15) is 0 Å². The fourth-order valence-corrected chi connectivity index (χ4v) is 3.13. The monoisotopic (exact) mass is 378 g/mol. The van der Waals surface area contributed by atoms with Gasteiger partial charge in [0.25, 0.3) is 0 Å². The summed E-state index contributed by atoms with van der Waals surface area (Å²) in [6, 6.07) is 6.38.